The van der Waals surface area contributed by atoms with Gasteiger partial charge < -0.3 is 5.32 Å². The van der Waals surface area contributed by atoms with E-state index in [1.165, 1.54) is 18.2 Å². The fourth-order valence-corrected chi connectivity index (χ4v) is 2.69. The highest BCUT2D eigenvalue weighted by molar-refractivity contribution is 5.85. The maximum atomic E-state index is 14.2. The molecular weight excluding hydrogens is 318 g/mol. The second-order valence-electron chi connectivity index (χ2n) is 5.06. The largest absolute Gasteiger partial charge is 0.416 e. The van der Waals surface area contributed by atoms with Gasteiger partial charge in [-0.1, -0.05) is 18.2 Å². The highest BCUT2D eigenvalue weighted by atomic mass is 35.5. The number of hydrogen-bond donors (Lipinski definition) is 1. The van der Waals surface area contributed by atoms with Gasteiger partial charge in [-0.25, -0.2) is 4.39 Å². The first-order valence-corrected chi connectivity index (χ1v) is 6.65. The lowest BCUT2D eigenvalue weighted by molar-refractivity contribution is -0.137. The van der Waals surface area contributed by atoms with Crippen LogP contribution < -0.4 is 5.32 Å². The van der Waals surface area contributed by atoms with Crippen molar-refractivity contribution in [3.63, 3.8) is 0 Å². The van der Waals surface area contributed by atoms with Crippen LogP contribution >= 0.6 is 12.4 Å². The number of nitrogens with one attached hydrogen (secondary N) is 1. The molecule has 0 saturated carbocycles. The van der Waals surface area contributed by atoms with Crippen molar-refractivity contribution in [2.45, 2.75) is 19.1 Å². The predicted molar refractivity (Wildman–Crippen MR) is 79.5 cm³/mol. The van der Waals surface area contributed by atoms with Crippen molar-refractivity contribution >= 4 is 12.4 Å². The van der Waals surface area contributed by atoms with Gasteiger partial charge in [-0.2, -0.15) is 13.2 Å². The van der Waals surface area contributed by atoms with E-state index in [9.17, 15) is 17.6 Å². The summed E-state index contributed by atoms with van der Waals surface area (Å²) in [6, 6.07) is 7.76. The van der Waals surface area contributed by atoms with Crippen LogP contribution in [0.2, 0.25) is 0 Å². The van der Waals surface area contributed by atoms with Crippen molar-refractivity contribution in [2.24, 2.45) is 0 Å². The molecule has 1 nitrogen and oxygen atoms in total. The first kappa shape index (κ1) is 16.8. The monoisotopic (exact) mass is 331 g/mol. The second-order valence-corrected chi connectivity index (χ2v) is 5.06. The van der Waals surface area contributed by atoms with E-state index in [-0.39, 0.29) is 12.4 Å². The van der Waals surface area contributed by atoms with E-state index in [2.05, 4.69) is 5.32 Å². The van der Waals surface area contributed by atoms with Crippen LogP contribution in [0.4, 0.5) is 17.6 Å². The summed E-state index contributed by atoms with van der Waals surface area (Å²) in [4.78, 5) is 0. The van der Waals surface area contributed by atoms with E-state index in [0.29, 0.717) is 24.1 Å². The van der Waals surface area contributed by atoms with Gasteiger partial charge in [0.25, 0.3) is 0 Å². The van der Waals surface area contributed by atoms with E-state index in [0.717, 1.165) is 29.8 Å². The quantitative estimate of drug-likeness (QED) is 0.754. The van der Waals surface area contributed by atoms with Gasteiger partial charge in [-0.15, -0.1) is 12.4 Å². The molecule has 1 aliphatic rings. The van der Waals surface area contributed by atoms with Crippen LogP contribution in [0.3, 0.4) is 0 Å². The Hall–Kier alpha value is -1.59. The molecule has 0 fully saturated rings. The molecule has 0 amide bonds. The Morgan fingerprint density at radius 2 is 1.64 bits per heavy atom. The standard InChI is InChI=1S/C16H13F4N.ClH/c17-14-6-3-11-9-21-8-7-13(11)15(14)10-1-4-12(5-2-10)16(18,19)20;/h1-6,21H,7-9H2;1H. The van der Waals surface area contributed by atoms with E-state index < -0.39 is 17.6 Å². The normalized spacial score (nSPS) is 14.2. The Labute approximate surface area is 131 Å². The molecular formula is C16H14ClF4N. The lowest BCUT2D eigenvalue weighted by atomic mass is 9.90. The molecule has 1 heterocycles. The molecule has 0 spiro atoms. The molecule has 0 unspecified atom stereocenters. The van der Waals surface area contributed by atoms with Gasteiger partial charge in [0, 0.05) is 12.1 Å². The number of halogens is 5. The van der Waals surface area contributed by atoms with Gasteiger partial charge in [-0.05, 0) is 47.9 Å². The van der Waals surface area contributed by atoms with Crippen LogP contribution in [0.15, 0.2) is 36.4 Å². The van der Waals surface area contributed by atoms with E-state index >= 15 is 0 Å². The smallest absolute Gasteiger partial charge is 0.312 e. The third-order valence-electron chi connectivity index (χ3n) is 3.73. The van der Waals surface area contributed by atoms with Gasteiger partial charge in [0.1, 0.15) is 5.82 Å². The number of alkyl halides is 3. The molecule has 2 aromatic carbocycles. The zero-order chi connectivity index (χ0) is 15.0. The summed E-state index contributed by atoms with van der Waals surface area (Å²) in [6.45, 7) is 1.40. The zero-order valence-electron chi connectivity index (χ0n) is 11.5. The van der Waals surface area contributed by atoms with Crippen molar-refractivity contribution in [2.75, 3.05) is 6.54 Å². The van der Waals surface area contributed by atoms with E-state index in [4.69, 9.17) is 0 Å². The van der Waals surface area contributed by atoms with Crippen molar-refractivity contribution in [3.8, 4) is 11.1 Å². The molecule has 1 N–H and O–H groups in total. The van der Waals surface area contributed by atoms with Gasteiger partial charge in [0.2, 0.25) is 0 Å². The summed E-state index contributed by atoms with van der Waals surface area (Å²) in [5.74, 6) is -0.393. The predicted octanol–water partition coefficient (Wildman–Crippen LogP) is 4.58. The van der Waals surface area contributed by atoms with Crippen LogP contribution in [0.25, 0.3) is 11.1 Å². The summed E-state index contributed by atoms with van der Waals surface area (Å²) in [7, 11) is 0. The van der Waals surface area contributed by atoms with Gasteiger partial charge in [0.05, 0.1) is 5.56 Å². The Balaban J connectivity index is 0.00000176. The minimum Gasteiger partial charge on any atom is -0.312 e. The summed E-state index contributed by atoms with van der Waals surface area (Å²) in [6.07, 6.45) is -3.71. The Morgan fingerprint density at radius 3 is 2.27 bits per heavy atom. The third kappa shape index (κ3) is 3.10. The van der Waals surface area contributed by atoms with Gasteiger partial charge in [-0.3, -0.25) is 0 Å². The summed E-state index contributed by atoms with van der Waals surface area (Å²) in [5.41, 5.74) is 2.06. The first-order valence-electron chi connectivity index (χ1n) is 6.65. The zero-order valence-corrected chi connectivity index (χ0v) is 12.3. The highest BCUT2D eigenvalue weighted by Crippen LogP contribution is 2.34. The molecule has 6 heteroatoms. The molecule has 0 aliphatic carbocycles. The average molecular weight is 332 g/mol. The molecule has 118 valence electrons. The molecule has 0 aromatic heterocycles. The maximum absolute atomic E-state index is 14.2. The second kappa shape index (κ2) is 6.26. The van der Waals surface area contributed by atoms with Crippen LogP contribution in [-0.2, 0) is 19.1 Å². The molecule has 2 aromatic rings. The molecule has 0 radical (unpaired) electrons. The molecule has 1 aliphatic heterocycles. The van der Waals surface area contributed by atoms with Gasteiger partial charge in [0.15, 0.2) is 0 Å². The molecule has 22 heavy (non-hydrogen) atoms. The maximum Gasteiger partial charge on any atom is 0.416 e. The summed E-state index contributed by atoms with van der Waals surface area (Å²) >= 11 is 0. The average Bonchev–Trinajstić information content (AvgIpc) is 2.46. The Bertz CT molecular complexity index is 665. The highest BCUT2D eigenvalue weighted by Gasteiger charge is 2.30. The summed E-state index contributed by atoms with van der Waals surface area (Å²) in [5, 5.41) is 3.20. The first-order chi connectivity index (χ1) is 9.97. The van der Waals surface area contributed by atoms with Crippen LogP contribution in [0.1, 0.15) is 16.7 Å². The lowest BCUT2D eigenvalue weighted by Gasteiger charge is -2.21. The van der Waals surface area contributed by atoms with E-state index in [1.807, 2.05) is 0 Å². The molecule has 3 rings (SSSR count). The van der Waals surface area contributed by atoms with Crippen LogP contribution in [0.5, 0.6) is 0 Å². The van der Waals surface area contributed by atoms with Crippen LogP contribution in [-0.4, -0.2) is 6.54 Å². The number of fused-ring (bicyclic) bond motifs is 1. The fraction of sp³-hybridized carbons (Fsp3) is 0.250. The topological polar surface area (TPSA) is 12.0 Å². The molecule has 0 saturated heterocycles. The van der Waals surface area contributed by atoms with Gasteiger partial charge >= 0.3 is 6.18 Å². The van der Waals surface area contributed by atoms with Crippen LogP contribution in [0, 0.1) is 5.82 Å². The third-order valence-corrected chi connectivity index (χ3v) is 3.73. The van der Waals surface area contributed by atoms with Crippen molar-refractivity contribution < 1.29 is 17.6 Å². The SMILES string of the molecule is Cl.Fc1ccc2c(c1-c1ccc(C(F)(F)F)cc1)CCNC2. The fourth-order valence-electron chi connectivity index (χ4n) is 2.69. The van der Waals surface area contributed by atoms with Crippen molar-refractivity contribution in [1.29, 1.82) is 0 Å². The molecule has 0 bridgehead atoms. The lowest BCUT2D eigenvalue weighted by Crippen LogP contribution is -2.24. The number of hydrogen-bond acceptors (Lipinski definition) is 1. The number of benzene rings is 2. The number of rotatable bonds is 1. The molecule has 0 atom stereocenters. The van der Waals surface area contributed by atoms with Crippen molar-refractivity contribution in [1.82, 2.24) is 5.32 Å². The van der Waals surface area contributed by atoms with Crippen molar-refractivity contribution in [3.05, 3.63) is 58.9 Å². The minimum absolute atomic E-state index is 0. The Morgan fingerprint density at radius 1 is 0.955 bits per heavy atom. The summed E-state index contributed by atoms with van der Waals surface area (Å²) < 4.78 is 51.9. The van der Waals surface area contributed by atoms with E-state index in [1.54, 1.807) is 6.07 Å². The Kier molecular flexibility index (Phi) is 4.78. The minimum atomic E-state index is -4.38.